The number of hydrogen-bond acceptors (Lipinski definition) is 7. The Morgan fingerprint density at radius 3 is 2.95 bits per heavy atom. The predicted octanol–water partition coefficient (Wildman–Crippen LogP) is 2.69. The largest absolute Gasteiger partial charge is 0.382 e. The summed E-state index contributed by atoms with van der Waals surface area (Å²) in [6, 6.07) is 0.541. The van der Waals surface area contributed by atoms with Gasteiger partial charge in [-0.15, -0.1) is 11.3 Å². The Bertz CT molecular complexity index is 619. The Morgan fingerprint density at radius 2 is 2.29 bits per heavy atom. The summed E-state index contributed by atoms with van der Waals surface area (Å²) in [5.74, 6) is 0.611. The lowest BCUT2D eigenvalue weighted by Gasteiger charge is -2.28. The first-order chi connectivity index (χ1) is 10.1. The van der Waals surface area contributed by atoms with E-state index in [2.05, 4.69) is 38.6 Å². The molecule has 1 saturated heterocycles. The standard InChI is InChI=1S/C14H21N5S2/c1-9-8-20-13(16-9)11-12(15)17-21-14(11)19-6-4-5-10(19)7-18(2)3/h8,10H,4-7H2,1-3H3,(H2,15,17). The van der Waals surface area contributed by atoms with Crippen molar-refractivity contribution >= 4 is 33.7 Å². The zero-order chi connectivity index (χ0) is 15.0. The second-order valence-corrected chi connectivity index (χ2v) is 7.40. The molecule has 0 spiro atoms. The van der Waals surface area contributed by atoms with Crippen molar-refractivity contribution in [3.63, 3.8) is 0 Å². The highest BCUT2D eigenvalue weighted by Gasteiger charge is 2.30. The smallest absolute Gasteiger partial charge is 0.149 e. The molecule has 2 aromatic rings. The fraction of sp³-hybridized carbons (Fsp3) is 0.571. The number of thiazole rings is 1. The average Bonchev–Trinajstić information content (AvgIpc) is 3.09. The van der Waals surface area contributed by atoms with Crippen LogP contribution in [0.5, 0.6) is 0 Å². The van der Waals surface area contributed by atoms with Crippen LogP contribution < -0.4 is 10.6 Å². The van der Waals surface area contributed by atoms with Gasteiger partial charge in [0.2, 0.25) is 0 Å². The molecule has 3 rings (SSSR count). The van der Waals surface area contributed by atoms with E-state index in [0.29, 0.717) is 11.9 Å². The molecule has 21 heavy (non-hydrogen) atoms. The molecule has 0 radical (unpaired) electrons. The fourth-order valence-corrected chi connectivity index (χ4v) is 4.70. The Kier molecular flexibility index (Phi) is 4.14. The van der Waals surface area contributed by atoms with Crippen LogP contribution in [0.1, 0.15) is 18.5 Å². The van der Waals surface area contributed by atoms with E-state index in [-0.39, 0.29) is 0 Å². The molecular formula is C14H21N5S2. The van der Waals surface area contributed by atoms with E-state index in [4.69, 9.17) is 5.73 Å². The number of aromatic nitrogens is 2. The molecule has 0 aliphatic carbocycles. The maximum Gasteiger partial charge on any atom is 0.149 e. The van der Waals surface area contributed by atoms with Gasteiger partial charge in [0.25, 0.3) is 0 Å². The van der Waals surface area contributed by atoms with Gasteiger partial charge in [-0.1, -0.05) is 0 Å². The third-order valence-corrected chi connectivity index (χ3v) is 5.62. The Labute approximate surface area is 133 Å². The minimum absolute atomic E-state index is 0.541. The number of nitrogens with zero attached hydrogens (tertiary/aromatic N) is 4. The van der Waals surface area contributed by atoms with Crippen LogP contribution in [-0.2, 0) is 0 Å². The molecule has 2 aromatic heterocycles. The zero-order valence-corrected chi connectivity index (χ0v) is 14.3. The van der Waals surface area contributed by atoms with E-state index in [1.54, 1.807) is 11.3 Å². The maximum absolute atomic E-state index is 6.13. The molecule has 1 unspecified atom stereocenters. The molecule has 1 aliphatic heterocycles. The number of likely N-dealkylation sites (N-methyl/N-ethyl adjacent to an activating group) is 1. The molecule has 0 saturated carbocycles. The zero-order valence-electron chi connectivity index (χ0n) is 12.7. The van der Waals surface area contributed by atoms with E-state index < -0.39 is 0 Å². The van der Waals surface area contributed by atoms with Crippen LogP contribution in [0.3, 0.4) is 0 Å². The van der Waals surface area contributed by atoms with Gasteiger partial charge in [0, 0.05) is 30.2 Å². The molecule has 2 N–H and O–H groups in total. The van der Waals surface area contributed by atoms with Gasteiger partial charge in [-0.2, -0.15) is 4.37 Å². The molecule has 114 valence electrons. The van der Waals surface area contributed by atoms with Crippen molar-refractivity contribution in [2.75, 3.05) is 37.8 Å². The van der Waals surface area contributed by atoms with Crippen LogP contribution in [0, 0.1) is 6.92 Å². The molecule has 1 atom stereocenters. The predicted molar refractivity (Wildman–Crippen MR) is 91.3 cm³/mol. The third kappa shape index (κ3) is 2.90. The van der Waals surface area contributed by atoms with Crippen molar-refractivity contribution in [1.82, 2.24) is 14.3 Å². The van der Waals surface area contributed by atoms with Gasteiger partial charge in [-0.3, -0.25) is 0 Å². The van der Waals surface area contributed by atoms with Crippen LogP contribution in [-0.4, -0.2) is 47.5 Å². The van der Waals surface area contributed by atoms with Crippen molar-refractivity contribution in [3.8, 4) is 10.6 Å². The second-order valence-electron chi connectivity index (χ2n) is 5.79. The summed E-state index contributed by atoms with van der Waals surface area (Å²) in [6.45, 7) is 4.16. The number of rotatable bonds is 4. The third-order valence-electron chi connectivity index (χ3n) is 3.75. The monoisotopic (exact) mass is 323 g/mol. The average molecular weight is 323 g/mol. The van der Waals surface area contributed by atoms with Crippen LogP contribution in [0.2, 0.25) is 0 Å². The molecule has 1 fully saturated rings. The van der Waals surface area contributed by atoms with Gasteiger partial charge in [0.15, 0.2) is 0 Å². The van der Waals surface area contributed by atoms with Crippen LogP contribution in [0.15, 0.2) is 5.38 Å². The van der Waals surface area contributed by atoms with Gasteiger partial charge in [-0.25, -0.2) is 4.98 Å². The molecular weight excluding hydrogens is 302 g/mol. The minimum atomic E-state index is 0.541. The lowest BCUT2D eigenvalue weighted by atomic mass is 10.2. The van der Waals surface area contributed by atoms with Crippen molar-refractivity contribution in [2.45, 2.75) is 25.8 Å². The number of nitrogens with two attached hydrogens (primary N) is 1. The summed E-state index contributed by atoms with van der Waals surface area (Å²) in [7, 11) is 4.26. The summed E-state index contributed by atoms with van der Waals surface area (Å²) in [4.78, 5) is 9.32. The van der Waals surface area contributed by atoms with Crippen molar-refractivity contribution in [3.05, 3.63) is 11.1 Å². The molecule has 5 nitrogen and oxygen atoms in total. The Balaban J connectivity index is 1.95. The fourth-order valence-electron chi connectivity index (χ4n) is 2.87. The van der Waals surface area contributed by atoms with Crippen LogP contribution in [0.4, 0.5) is 10.8 Å². The maximum atomic E-state index is 6.13. The lowest BCUT2D eigenvalue weighted by Crippen LogP contribution is -2.37. The first-order valence-corrected chi connectivity index (χ1v) is 8.80. The Morgan fingerprint density at radius 1 is 1.48 bits per heavy atom. The van der Waals surface area contributed by atoms with E-state index in [9.17, 15) is 0 Å². The summed E-state index contributed by atoms with van der Waals surface area (Å²) < 4.78 is 4.39. The number of anilines is 2. The summed E-state index contributed by atoms with van der Waals surface area (Å²) in [6.07, 6.45) is 2.46. The first-order valence-electron chi connectivity index (χ1n) is 7.15. The second kappa shape index (κ2) is 5.90. The van der Waals surface area contributed by atoms with Gasteiger partial charge in [-0.05, 0) is 45.4 Å². The van der Waals surface area contributed by atoms with Crippen molar-refractivity contribution in [1.29, 1.82) is 0 Å². The highest BCUT2D eigenvalue weighted by molar-refractivity contribution is 7.15. The van der Waals surface area contributed by atoms with E-state index in [1.807, 2.05) is 6.92 Å². The van der Waals surface area contributed by atoms with Gasteiger partial charge < -0.3 is 15.5 Å². The highest BCUT2D eigenvalue weighted by Crippen LogP contribution is 2.43. The van der Waals surface area contributed by atoms with Crippen LogP contribution in [0.25, 0.3) is 10.6 Å². The van der Waals surface area contributed by atoms with Crippen LogP contribution >= 0.6 is 22.9 Å². The van der Waals surface area contributed by atoms with Crippen molar-refractivity contribution in [2.24, 2.45) is 0 Å². The summed E-state index contributed by atoms with van der Waals surface area (Å²) in [5.41, 5.74) is 8.20. The number of nitrogen functional groups attached to an aromatic ring is 1. The molecule has 0 aromatic carbocycles. The molecule has 3 heterocycles. The quantitative estimate of drug-likeness (QED) is 0.937. The summed E-state index contributed by atoms with van der Waals surface area (Å²) in [5, 5.41) is 4.24. The first kappa shape index (κ1) is 14.7. The number of aryl methyl sites for hydroxylation is 1. The SMILES string of the molecule is Cc1csc(-c2c(N)nsc2N2CCCC2CN(C)C)n1. The van der Waals surface area contributed by atoms with Gasteiger partial charge in [0.05, 0.1) is 5.56 Å². The molecule has 1 aliphatic rings. The van der Waals surface area contributed by atoms with E-state index in [0.717, 1.165) is 29.4 Å². The minimum Gasteiger partial charge on any atom is -0.382 e. The molecule has 0 amide bonds. The number of hydrogen-bond donors (Lipinski definition) is 1. The Hall–Kier alpha value is -1.18. The normalized spacial score (nSPS) is 18.9. The molecule has 7 heteroatoms. The topological polar surface area (TPSA) is 58.3 Å². The molecule has 0 bridgehead atoms. The summed E-state index contributed by atoms with van der Waals surface area (Å²) >= 11 is 3.16. The van der Waals surface area contributed by atoms with E-state index >= 15 is 0 Å². The van der Waals surface area contributed by atoms with E-state index in [1.165, 1.54) is 29.4 Å². The highest BCUT2D eigenvalue weighted by atomic mass is 32.1. The van der Waals surface area contributed by atoms with Gasteiger partial charge >= 0.3 is 0 Å². The van der Waals surface area contributed by atoms with Crippen molar-refractivity contribution < 1.29 is 0 Å². The lowest BCUT2D eigenvalue weighted by molar-refractivity contribution is 0.372. The van der Waals surface area contributed by atoms with Gasteiger partial charge in [0.1, 0.15) is 15.8 Å².